The van der Waals surface area contributed by atoms with E-state index in [1.54, 1.807) is 4.57 Å². The first-order valence-electron chi connectivity index (χ1n) is 7.17. The van der Waals surface area contributed by atoms with Gasteiger partial charge in [-0.05, 0) is 39.5 Å². The first-order chi connectivity index (χ1) is 9.78. The summed E-state index contributed by atoms with van der Waals surface area (Å²) >= 11 is 0. The Balaban J connectivity index is 2.27. The number of nitrogens with two attached hydrogens (primary N) is 1. The van der Waals surface area contributed by atoms with Gasteiger partial charge in [-0.1, -0.05) is 0 Å². The molecule has 1 unspecified atom stereocenters. The third kappa shape index (κ3) is 3.07. The molecule has 1 aromatic heterocycles. The average Bonchev–Trinajstić information content (AvgIpc) is 3.16. The predicted molar refractivity (Wildman–Crippen MR) is 79.1 cm³/mol. The van der Waals surface area contributed by atoms with E-state index in [-0.39, 0.29) is 17.6 Å². The van der Waals surface area contributed by atoms with Crippen LogP contribution in [0.15, 0.2) is 12.3 Å². The zero-order valence-electron chi connectivity index (χ0n) is 12.6. The normalized spacial score (nSPS) is 17.6. The molecule has 1 aromatic rings. The molecule has 7 nitrogen and oxygen atoms in total. The van der Waals surface area contributed by atoms with Crippen molar-refractivity contribution in [1.82, 2.24) is 9.88 Å². The lowest BCUT2D eigenvalue weighted by Gasteiger charge is -2.29. The molecule has 116 valence electrons. The van der Waals surface area contributed by atoms with Crippen LogP contribution in [0.2, 0.25) is 0 Å². The maximum absolute atomic E-state index is 12.5. The molecule has 2 rings (SSSR count). The lowest BCUT2D eigenvalue weighted by Crippen LogP contribution is -2.53. The highest BCUT2D eigenvalue weighted by Crippen LogP contribution is 2.39. The fraction of sp³-hybridized carbons (Fsp3) is 0.643. The maximum atomic E-state index is 12.5. The number of aromatic nitrogens is 1. The zero-order chi connectivity index (χ0) is 15.8. The van der Waals surface area contributed by atoms with Crippen LogP contribution >= 0.6 is 0 Å². The first kappa shape index (κ1) is 15.5. The molecular formula is C14H22N4O3. The summed E-state index contributed by atoms with van der Waals surface area (Å²) in [4.78, 5) is 22.9. The maximum Gasteiger partial charge on any atom is 0.287 e. The number of nitro groups is 1. The van der Waals surface area contributed by atoms with Crippen LogP contribution < -0.4 is 11.1 Å². The standard InChI is InChI=1S/C14H22N4O3/c1-9(2)17-7-11(18(20)21)6-12(17)13(19)16-14(3,8-15)10-4-5-10/h6-7,9-10H,4-5,8,15H2,1-3H3,(H,16,19). The van der Waals surface area contributed by atoms with Crippen molar-refractivity contribution in [2.24, 2.45) is 11.7 Å². The minimum atomic E-state index is -0.487. The summed E-state index contributed by atoms with van der Waals surface area (Å²) in [6, 6.07) is 1.28. The second kappa shape index (κ2) is 5.48. The minimum Gasteiger partial charge on any atom is -0.344 e. The zero-order valence-corrected chi connectivity index (χ0v) is 12.6. The van der Waals surface area contributed by atoms with Gasteiger partial charge in [-0.25, -0.2) is 0 Å². The van der Waals surface area contributed by atoms with Crippen LogP contribution in [0.1, 0.15) is 50.1 Å². The molecule has 21 heavy (non-hydrogen) atoms. The van der Waals surface area contributed by atoms with Gasteiger partial charge in [-0.15, -0.1) is 0 Å². The second-order valence-corrected chi connectivity index (χ2v) is 6.19. The van der Waals surface area contributed by atoms with E-state index in [0.717, 1.165) is 12.8 Å². The number of carbonyl (C=O) groups excluding carboxylic acids is 1. The summed E-state index contributed by atoms with van der Waals surface area (Å²) in [6.07, 6.45) is 3.51. The molecule has 0 saturated heterocycles. The van der Waals surface area contributed by atoms with Gasteiger partial charge >= 0.3 is 0 Å². The molecule has 0 aromatic carbocycles. The molecule has 1 aliphatic rings. The number of hydrogen-bond acceptors (Lipinski definition) is 4. The molecule has 1 saturated carbocycles. The summed E-state index contributed by atoms with van der Waals surface area (Å²) < 4.78 is 1.62. The van der Waals surface area contributed by atoms with E-state index in [9.17, 15) is 14.9 Å². The van der Waals surface area contributed by atoms with Crippen molar-refractivity contribution in [3.8, 4) is 0 Å². The van der Waals surface area contributed by atoms with Crippen molar-refractivity contribution in [1.29, 1.82) is 0 Å². The van der Waals surface area contributed by atoms with Crippen LogP contribution in [0.4, 0.5) is 5.69 Å². The molecule has 1 heterocycles. The summed E-state index contributed by atoms with van der Waals surface area (Å²) in [7, 11) is 0. The molecule has 0 radical (unpaired) electrons. The highest BCUT2D eigenvalue weighted by molar-refractivity contribution is 5.94. The van der Waals surface area contributed by atoms with E-state index in [1.165, 1.54) is 12.3 Å². The predicted octanol–water partition coefficient (Wildman–Crippen LogP) is 1.83. The molecule has 1 fully saturated rings. The van der Waals surface area contributed by atoms with E-state index < -0.39 is 10.5 Å². The van der Waals surface area contributed by atoms with Crippen molar-refractivity contribution in [3.63, 3.8) is 0 Å². The van der Waals surface area contributed by atoms with Crippen molar-refractivity contribution < 1.29 is 9.72 Å². The highest BCUT2D eigenvalue weighted by atomic mass is 16.6. The Morgan fingerprint density at radius 1 is 1.62 bits per heavy atom. The Morgan fingerprint density at radius 3 is 2.67 bits per heavy atom. The van der Waals surface area contributed by atoms with Gasteiger partial charge in [0.15, 0.2) is 0 Å². The topological polar surface area (TPSA) is 103 Å². The van der Waals surface area contributed by atoms with Crippen LogP contribution in [-0.2, 0) is 0 Å². The summed E-state index contributed by atoms with van der Waals surface area (Å²) in [5.74, 6) is 0.0838. The Kier molecular flexibility index (Phi) is 4.04. The second-order valence-electron chi connectivity index (χ2n) is 6.19. The molecule has 3 N–H and O–H groups in total. The number of nitrogens with zero attached hydrogens (tertiary/aromatic N) is 2. The van der Waals surface area contributed by atoms with Gasteiger partial charge in [0.25, 0.3) is 11.6 Å². The van der Waals surface area contributed by atoms with Crippen LogP contribution in [-0.4, -0.2) is 27.5 Å². The lowest BCUT2D eigenvalue weighted by atomic mass is 9.96. The van der Waals surface area contributed by atoms with Crippen molar-refractivity contribution in [2.45, 2.75) is 45.2 Å². The van der Waals surface area contributed by atoms with E-state index in [2.05, 4.69) is 5.32 Å². The molecule has 7 heteroatoms. The van der Waals surface area contributed by atoms with Gasteiger partial charge in [-0.2, -0.15) is 0 Å². The fourth-order valence-corrected chi connectivity index (χ4v) is 2.54. The number of carbonyl (C=O) groups is 1. The largest absolute Gasteiger partial charge is 0.344 e. The van der Waals surface area contributed by atoms with Gasteiger partial charge in [-0.3, -0.25) is 14.9 Å². The van der Waals surface area contributed by atoms with Crippen molar-refractivity contribution in [3.05, 3.63) is 28.1 Å². The van der Waals surface area contributed by atoms with Gasteiger partial charge in [0.05, 0.1) is 16.7 Å². The Morgan fingerprint density at radius 2 is 2.24 bits per heavy atom. The summed E-state index contributed by atoms with van der Waals surface area (Å²) in [6.45, 7) is 6.04. The van der Waals surface area contributed by atoms with Gasteiger partial charge in [0.2, 0.25) is 0 Å². The summed E-state index contributed by atoms with van der Waals surface area (Å²) in [5.41, 5.74) is 5.58. The first-order valence-corrected chi connectivity index (χ1v) is 7.17. The molecule has 0 aliphatic heterocycles. The van der Waals surface area contributed by atoms with E-state index >= 15 is 0 Å². The third-order valence-electron chi connectivity index (χ3n) is 4.14. The average molecular weight is 294 g/mol. The fourth-order valence-electron chi connectivity index (χ4n) is 2.54. The lowest BCUT2D eigenvalue weighted by molar-refractivity contribution is -0.384. The Bertz CT molecular complexity index is 563. The quantitative estimate of drug-likeness (QED) is 0.617. The smallest absolute Gasteiger partial charge is 0.287 e. The van der Waals surface area contributed by atoms with Gasteiger partial charge in [0, 0.05) is 18.7 Å². The van der Waals surface area contributed by atoms with E-state index in [4.69, 9.17) is 5.73 Å². The highest BCUT2D eigenvalue weighted by Gasteiger charge is 2.42. The van der Waals surface area contributed by atoms with Gasteiger partial charge in [0.1, 0.15) is 5.69 Å². The van der Waals surface area contributed by atoms with Crippen molar-refractivity contribution >= 4 is 11.6 Å². The molecular weight excluding hydrogens is 272 g/mol. The Labute approximate surface area is 123 Å². The van der Waals surface area contributed by atoms with Crippen LogP contribution in [0, 0.1) is 16.0 Å². The van der Waals surface area contributed by atoms with Crippen LogP contribution in [0.5, 0.6) is 0 Å². The number of amides is 1. The molecule has 0 spiro atoms. The van der Waals surface area contributed by atoms with Gasteiger partial charge < -0.3 is 15.6 Å². The van der Waals surface area contributed by atoms with E-state index in [1.807, 2.05) is 20.8 Å². The number of rotatable bonds is 6. The van der Waals surface area contributed by atoms with E-state index in [0.29, 0.717) is 18.2 Å². The molecule has 1 amide bonds. The monoisotopic (exact) mass is 294 g/mol. The third-order valence-corrected chi connectivity index (χ3v) is 4.14. The number of hydrogen-bond donors (Lipinski definition) is 2. The SMILES string of the molecule is CC(C)n1cc([N+](=O)[O-])cc1C(=O)NC(C)(CN)C1CC1. The molecule has 0 bridgehead atoms. The summed E-state index contributed by atoms with van der Waals surface area (Å²) in [5, 5.41) is 13.9. The minimum absolute atomic E-state index is 0.0375. The van der Waals surface area contributed by atoms with Crippen LogP contribution in [0.25, 0.3) is 0 Å². The van der Waals surface area contributed by atoms with Crippen molar-refractivity contribution in [2.75, 3.05) is 6.54 Å². The molecule has 1 atom stereocenters. The number of nitrogens with one attached hydrogen (secondary N) is 1. The van der Waals surface area contributed by atoms with Crippen LogP contribution in [0.3, 0.4) is 0 Å². The molecule has 1 aliphatic carbocycles. The Hall–Kier alpha value is -1.89.